The molecule has 5 rings (SSSR count). The molecular weight excluding hydrogens is 354 g/mol. The van der Waals surface area contributed by atoms with Gasteiger partial charge in [-0.1, -0.05) is 11.8 Å². The number of benzene rings is 2. The zero-order valence-corrected chi connectivity index (χ0v) is 14.6. The molecule has 4 bridgehead atoms. The second-order valence-electron chi connectivity index (χ2n) is 5.62. The number of rotatable bonds is 3. The number of ether oxygens (including phenoxy) is 4. The fraction of sp³-hybridized carbons (Fsp3) is 0.167. The van der Waals surface area contributed by atoms with E-state index in [9.17, 15) is 0 Å². The quantitative estimate of drug-likeness (QED) is 0.652. The van der Waals surface area contributed by atoms with Crippen molar-refractivity contribution in [3.05, 3.63) is 36.4 Å². The summed E-state index contributed by atoms with van der Waals surface area (Å²) in [4.78, 5) is 4.70. The molecule has 1 aromatic heterocycles. The van der Waals surface area contributed by atoms with Crippen LogP contribution in [0.25, 0.3) is 22.5 Å². The first kappa shape index (κ1) is 15.3. The number of nitrogens with zero attached hydrogens (tertiary/aromatic N) is 3. The molecule has 2 aliphatic heterocycles. The number of thioether (sulfide) groups is 1. The molecule has 0 fully saturated rings. The summed E-state index contributed by atoms with van der Waals surface area (Å²) >= 11 is 1.43. The minimum absolute atomic E-state index is 0.175. The van der Waals surface area contributed by atoms with Gasteiger partial charge in [-0.15, -0.1) is 10.2 Å². The highest BCUT2D eigenvalue weighted by atomic mass is 32.2. The van der Waals surface area contributed by atoms with Crippen LogP contribution in [0.15, 0.2) is 41.6 Å². The molecule has 130 valence electrons. The molecule has 3 heterocycles. The monoisotopic (exact) mass is 367 g/mol. The Kier molecular flexibility index (Phi) is 3.56. The minimum Gasteiger partial charge on any atom is -0.457 e. The van der Waals surface area contributed by atoms with Gasteiger partial charge in [-0.05, 0) is 30.5 Å². The maximum atomic E-state index is 5.65. The third kappa shape index (κ3) is 2.50. The van der Waals surface area contributed by atoms with Crippen LogP contribution in [0.3, 0.4) is 0 Å². The van der Waals surface area contributed by atoms with Gasteiger partial charge in [-0.2, -0.15) is 0 Å². The summed E-state index contributed by atoms with van der Waals surface area (Å²) in [6, 6.07) is 11.3. The Morgan fingerprint density at radius 1 is 0.769 bits per heavy atom. The summed E-state index contributed by atoms with van der Waals surface area (Å²) < 4.78 is 22.0. The normalized spacial score (nSPS) is 13.9. The topological polar surface area (TPSA) is 75.6 Å². The largest absolute Gasteiger partial charge is 0.457 e. The molecule has 0 N–H and O–H groups in total. The lowest BCUT2D eigenvalue weighted by Crippen LogP contribution is -2.13. The predicted molar refractivity (Wildman–Crippen MR) is 94.7 cm³/mol. The smallest absolute Gasteiger partial charge is 0.230 e. The fourth-order valence-corrected chi connectivity index (χ4v) is 3.21. The Hall–Kier alpha value is -3.00. The number of hydrogen-bond donors (Lipinski definition) is 0. The lowest BCUT2D eigenvalue weighted by Gasteiger charge is -2.21. The van der Waals surface area contributed by atoms with Gasteiger partial charge in [-0.3, -0.25) is 0 Å². The molecule has 0 saturated carbocycles. The van der Waals surface area contributed by atoms with Crippen molar-refractivity contribution in [1.29, 1.82) is 0 Å². The van der Waals surface area contributed by atoms with Gasteiger partial charge in [0.05, 0.1) is 0 Å². The lowest BCUT2D eigenvalue weighted by atomic mass is 10.0. The van der Waals surface area contributed by atoms with E-state index < -0.39 is 0 Å². The van der Waals surface area contributed by atoms with Crippen LogP contribution in [0.2, 0.25) is 0 Å². The third-order valence-electron chi connectivity index (χ3n) is 4.15. The Bertz CT molecular complexity index is 1010. The van der Waals surface area contributed by atoms with E-state index in [0.29, 0.717) is 28.0 Å². The molecule has 26 heavy (non-hydrogen) atoms. The minimum atomic E-state index is 0.175. The van der Waals surface area contributed by atoms with Crippen LogP contribution < -0.4 is 18.9 Å². The van der Waals surface area contributed by atoms with E-state index in [0.717, 1.165) is 22.6 Å². The zero-order chi connectivity index (χ0) is 17.5. The second kappa shape index (κ2) is 6.06. The van der Waals surface area contributed by atoms with Crippen molar-refractivity contribution in [1.82, 2.24) is 15.2 Å². The summed E-state index contributed by atoms with van der Waals surface area (Å²) in [5.74, 6) is 2.93. The first-order valence-corrected chi connectivity index (χ1v) is 9.13. The Balaban J connectivity index is 1.73. The van der Waals surface area contributed by atoms with Crippen LogP contribution in [0.1, 0.15) is 0 Å². The average molecular weight is 367 g/mol. The van der Waals surface area contributed by atoms with Gasteiger partial charge in [0.1, 0.15) is 34.4 Å². The molecule has 0 unspecified atom stereocenters. The van der Waals surface area contributed by atoms with E-state index in [1.165, 1.54) is 11.8 Å². The highest BCUT2D eigenvalue weighted by Crippen LogP contribution is 2.42. The molecule has 7 nitrogen and oxygen atoms in total. The van der Waals surface area contributed by atoms with Gasteiger partial charge in [0, 0.05) is 23.3 Å². The molecular formula is C18H13N3O4S. The zero-order valence-electron chi connectivity index (χ0n) is 13.8. The number of fused-ring (bicyclic) bond motifs is 4. The molecule has 0 radical (unpaired) electrons. The molecule has 2 aromatic carbocycles. The second-order valence-corrected chi connectivity index (χ2v) is 6.40. The molecule has 0 spiro atoms. The molecule has 0 atom stereocenters. The molecule has 0 saturated heterocycles. The van der Waals surface area contributed by atoms with Crippen molar-refractivity contribution in [2.24, 2.45) is 0 Å². The van der Waals surface area contributed by atoms with E-state index in [4.69, 9.17) is 23.9 Å². The first-order valence-electron chi connectivity index (χ1n) is 7.90. The number of aromatic nitrogens is 3. The van der Waals surface area contributed by atoms with E-state index in [1.807, 2.05) is 42.7 Å². The van der Waals surface area contributed by atoms with Gasteiger partial charge in [0.15, 0.2) is 0 Å². The summed E-state index contributed by atoms with van der Waals surface area (Å²) in [6.07, 6.45) is 1.91. The maximum absolute atomic E-state index is 5.65. The number of hydrogen-bond acceptors (Lipinski definition) is 8. The maximum Gasteiger partial charge on any atom is 0.230 e. The van der Waals surface area contributed by atoms with Crippen LogP contribution in [0, 0.1) is 0 Å². The molecule has 0 amide bonds. The average Bonchev–Trinajstić information content (AvgIpc) is 2.69. The summed E-state index contributed by atoms with van der Waals surface area (Å²) in [6.45, 7) is 0.354. The predicted octanol–water partition coefficient (Wildman–Crippen LogP) is 3.38. The van der Waals surface area contributed by atoms with Crippen LogP contribution in [-0.4, -0.2) is 35.0 Å². The molecule has 3 aromatic rings. The Morgan fingerprint density at radius 3 is 2.00 bits per heavy atom. The first-order chi connectivity index (χ1) is 12.8. The lowest BCUT2D eigenvalue weighted by molar-refractivity contribution is 0.106. The molecule has 0 aliphatic carbocycles. The van der Waals surface area contributed by atoms with E-state index in [-0.39, 0.29) is 13.6 Å². The Labute approximate surface area is 153 Å². The van der Waals surface area contributed by atoms with Crippen molar-refractivity contribution < 1.29 is 18.9 Å². The van der Waals surface area contributed by atoms with Crippen LogP contribution >= 0.6 is 11.8 Å². The van der Waals surface area contributed by atoms with Gasteiger partial charge >= 0.3 is 0 Å². The van der Waals surface area contributed by atoms with Crippen LogP contribution in [0.4, 0.5) is 0 Å². The van der Waals surface area contributed by atoms with Crippen molar-refractivity contribution in [3.63, 3.8) is 0 Å². The highest BCUT2D eigenvalue weighted by molar-refractivity contribution is 7.98. The van der Waals surface area contributed by atoms with Gasteiger partial charge < -0.3 is 18.9 Å². The van der Waals surface area contributed by atoms with Gasteiger partial charge in [-0.25, -0.2) is 4.98 Å². The van der Waals surface area contributed by atoms with Crippen molar-refractivity contribution in [2.75, 3.05) is 19.8 Å². The Morgan fingerprint density at radius 2 is 1.38 bits per heavy atom. The SMILES string of the molecule is CSc1nnc(-c2ccc3cc2OCO3)c(-c2ccc3cc2OCO3)n1. The van der Waals surface area contributed by atoms with Crippen molar-refractivity contribution in [3.8, 4) is 45.5 Å². The molecule has 2 aliphatic rings. The third-order valence-corrected chi connectivity index (χ3v) is 4.68. The highest BCUT2D eigenvalue weighted by Gasteiger charge is 2.23. The van der Waals surface area contributed by atoms with E-state index in [1.54, 1.807) is 0 Å². The van der Waals surface area contributed by atoms with Gasteiger partial charge in [0.2, 0.25) is 18.7 Å². The van der Waals surface area contributed by atoms with Crippen LogP contribution in [-0.2, 0) is 0 Å². The standard InChI is InChI=1S/C18H13N3O4S/c1-26-18-19-16(12-4-2-10-6-14(12)24-8-22-10)17(20-21-18)13-5-3-11-7-15(13)25-9-23-11/h2-7H,8-9H2,1H3. The summed E-state index contributed by atoms with van der Waals surface area (Å²) in [5.41, 5.74) is 2.96. The van der Waals surface area contributed by atoms with E-state index >= 15 is 0 Å². The van der Waals surface area contributed by atoms with Crippen molar-refractivity contribution in [2.45, 2.75) is 5.16 Å². The fourth-order valence-electron chi connectivity index (χ4n) is 2.90. The van der Waals surface area contributed by atoms with Crippen molar-refractivity contribution >= 4 is 11.8 Å². The summed E-state index contributed by atoms with van der Waals surface area (Å²) in [7, 11) is 0. The molecule has 8 heteroatoms. The van der Waals surface area contributed by atoms with Gasteiger partial charge in [0.25, 0.3) is 0 Å². The van der Waals surface area contributed by atoms with Crippen LogP contribution in [0.5, 0.6) is 23.0 Å². The summed E-state index contributed by atoms with van der Waals surface area (Å²) in [5, 5.41) is 9.23. The van der Waals surface area contributed by atoms with E-state index in [2.05, 4.69) is 10.2 Å².